The summed E-state index contributed by atoms with van der Waals surface area (Å²) >= 11 is 0. The third-order valence-corrected chi connectivity index (χ3v) is 4.75. The average Bonchev–Trinajstić information content (AvgIpc) is 3.14. The van der Waals surface area contributed by atoms with Crippen LogP contribution in [0, 0.1) is 6.92 Å². The molecule has 4 rings (SSSR count). The van der Waals surface area contributed by atoms with E-state index in [1.54, 1.807) is 32.9 Å². The van der Waals surface area contributed by atoms with Gasteiger partial charge in [0.15, 0.2) is 6.10 Å². The first-order valence-corrected chi connectivity index (χ1v) is 9.37. The molecule has 0 aliphatic heterocycles. The molecule has 0 fully saturated rings. The van der Waals surface area contributed by atoms with Gasteiger partial charge >= 0.3 is 5.97 Å². The van der Waals surface area contributed by atoms with Gasteiger partial charge in [0, 0.05) is 10.9 Å². The van der Waals surface area contributed by atoms with Gasteiger partial charge in [0.1, 0.15) is 34.5 Å². The SMILES string of the molecule is CCOC(=O)[C@@H](C)Oc1ccc2c(=O)c(-c3cc4ccccc4o3)coc2c1C. The summed E-state index contributed by atoms with van der Waals surface area (Å²) in [5.41, 5.74) is 1.89. The number of hydrogen-bond acceptors (Lipinski definition) is 6. The Morgan fingerprint density at radius 2 is 1.97 bits per heavy atom. The summed E-state index contributed by atoms with van der Waals surface area (Å²) in [5, 5.41) is 1.33. The van der Waals surface area contributed by atoms with Crippen molar-refractivity contribution >= 4 is 27.9 Å². The number of para-hydroxylation sites is 1. The lowest BCUT2D eigenvalue weighted by Crippen LogP contribution is -2.26. The predicted molar refractivity (Wildman–Crippen MR) is 109 cm³/mol. The summed E-state index contributed by atoms with van der Waals surface area (Å²) in [6, 6.07) is 12.7. The molecule has 4 aromatic rings. The summed E-state index contributed by atoms with van der Waals surface area (Å²) in [6.45, 7) is 5.41. The van der Waals surface area contributed by atoms with Crippen LogP contribution in [-0.2, 0) is 9.53 Å². The molecule has 0 bridgehead atoms. The summed E-state index contributed by atoms with van der Waals surface area (Å²) < 4.78 is 22.3. The van der Waals surface area contributed by atoms with E-state index in [1.807, 2.05) is 30.3 Å². The summed E-state index contributed by atoms with van der Waals surface area (Å²) in [4.78, 5) is 24.9. The highest BCUT2D eigenvalue weighted by atomic mass is 16.6. The van der Waals surface area contributed by atoms with E-state index in [4.69, 9.17) is 18.3 Å². The van der Waals surface area contributed by atoms with Gasteiger partial charge in [0.25, 0.3) is 0 Å². The fourth-order valence-electron chi connectivity index (χ4n) is 3.23. The maximum atomic E-state index is 13.0. The Morgan fingerprint density at radius 1 is 1.17 bits per heavy atom. The standard InChI is InChI=1S/C23H20O6/c1-4-26-23(25)14(3)28-18-10-9-16-21(24)17(12-27-22(16)13(18)2)20-11-15-7-5-6-8-19(15)29-20/h5-12,14H,4H2,1-3H3/t14-/m1/s1. The van der Waals surface area contributed by atoms with Gasteiger partial charge in [0.2, 0.25) is 5.43 Å². The summed E-state index contributed by atoms with van der Waals surface area (Å²) in [5.74, 6) is 0.460. The van der Waals surface area contributed by atoms with Gasteiger partial charge in [-0.1, -0.05) is 18.2 Å². The average molecular weight is 392 g/mol. The van der Waals surface area contributed by atoms with Crippen LogP contribution >= 0.6 is 0 Å². The van der Waals surface area contributed by atoms with E-state index in [0.717, 1.165) is 5.39 Å². The van der Waals surface area contributed by atoms with Gasteiger partial charge < -0.3 is 18.3 Å². The van der Waals surface area contributed by atoms with Crippen molar-refractivity contribution in [2.45, 2.75) is 26.9 Å². The Labute approximate surface area is 166 Å². The first kappa shape index (κ1) is 18.8. The monoisotopic (exact) mass is 392 g/mol. The molecular formula is C23H20O6. The van der Waals surface area contributed by atoms with Gasteiger partial charge in [-0.2, -0.15) is 0 Å². The molecule has 0 saturated carbocycles. The van der Waals surface area contributed by atoms with Crippen molar-refractivity contribution in [2.24, 2.45) is 0 Å². The molecule has 1 atom stereocenters. The maximum Gasteiger partial charge on any atom is 0.347 e. The van der Waals surface area contributed by atoms with Crippen LogP contribution in [0.1, 0.15) is 19.4 Å². The zero-order chi connectivity index (χ0) is 20.5. The minimum atomic E-state index is -0.771. The molecule has 2 aromatic heterocycles. The fourth-order valence-corrected chi connectivity index (χ4v) is 3.23. The van der Waals surface area contributed by atoms with Crippen LogP contribution in [0.15, 0.2) is 62.4 Å². The van der Waals surface area contributed by atoms with Crippen molar-refractivity contribution < 1.29 is 23.1 Å². The number of carbonyl (C=O) groups is 1. The Bertz CT molecular complexity index is 1230. The number of esters is 1. The topological polar surface area (TPSA) is 78.9 Å². The zero-order valence-electron chi connectivity index (χ0n) is 16.4. The molecule has 6 heteroatoms. The number of benzene rings is 2. The van der Waals surface area contributed by atoms with Crippen molar-refractivity contribution in [3.63, 3.8) is 0 Å². The smallest absolute Gasteiger partial charge is 0.347 e. The highest BCUT2D eigenvalue weighted by Gasteiger charge is 2.20. The van der Waals surface area contributed by atoms with E-state index >= 15 is 0 Å². The Hall–Kier alpha value is -3.54. The van der Waals surface area contributed by atoms with E-state index in [2.05, 4.69) is 0 Å². The van der Waals surface area contributed by atoms with Crippen LogP contribution in [0.3, 0.4) is 0 Å². The number of rotatable bonds is 5. The van der Waals surface area contributed by atoms with Crippen molar-refractivity contribution in [1.82, 2.24) is 0 Å². The minimum Gasteiger partial charge on any atom is -0.479 e. The molecule has 0 aliphatic rings. The van der Waals surface area contributed by atoms with Crippen LogP contribution in [-0.4, -0.2) is 18.7 Å². The molecule has 0 saturated heterocycles. The first-order valence-electron chi connectivity index (χ1n) is 9.37. The highest BCUT2D eigenvalue weighted by molar-refractivity contribution is 5.87. The quantitative estimate of drug-likeness (QED) is 0.452. The predicted octanol–water partition coefficient (Wildman–Crippen LogP) is 4.85. The molecular weight excluding hydrogens is 372 g/mol. The van der Waals surface area contributed by atoms with Crippen molar-refractivity contribution in [3.8, 4) is 17.1 Å². The third-order valence-electron chi connectivity index (χ3n) is 4.75. The van der Waals surface area contributed by atoms with Crippen molar-refractivity contribution in [2.75, 3.05) is 6.61 Å². The fraction of sp³-hybridized carbons (Fsp3) is 0.217. The van der Waals surface area contributed by atoms with Crippen LogP contribution in [0.25, 0.3) is 33.3 Å². The van der Waals surface area contributed by atoms with E-state index in [0.29, 0.717) is 39.2 Å². The molecule has 0 spiro atoms. The molecule has 2 heterocycles. The highest BCUT2D eigenvalue weighted by Crippen LogP contribution is 2.30. The van der Waals surface area contributed by atoms with E-state index in [-0.39, 0.29) is 12.0 Å². The van der Waals surface area contributed by atoms with Gasteiger partial charge in [-0.25, -0.2) is 4.79 Å². The Balaban J connectivity index is 1.74. The second-order valence-electron chi connectivity index (χ2n) is 6.70. The number of carbonyl (C=O) groups excluding carboxylic acids is 1. The molecule has 0 radical (unpaired) electrons. The van der Waals surface area contributed by atoms with Gasteiger partial charge in [0.05, 0.1) is 12.0 Å². The molecule has 2 aromatic carbocycles. The zero-order valence-corrected chi connectivity index (χ0v) is 16.4. The molecule has 0 amide bonds. The van der Waals surface area contributed by atoms with E-state index in [1.165, 1.54) is 6.26 Å². The summed E-state index contributed by atoms with van der Waals surface area (Å²) in [7, 11) is 0. The van der Waals surface area contributed by atoms with E-state index < -0.39 is 12.1 Å². The van der Waals surface area contributed by atoms with Crippen LogP contribution in [0.5, 0.6) is 5.75 Å². The Morgan fingerprint density at radius 3 is 2.72 bits per heavy atom. The van der Waals surface area contributed by atoms with E-state index in [9.17, 15) is 9.59 Å². The second kappa shape index (κ2) is 7.47. The molecule has 6 nitrogen and oxygen atoms in total. The Kier molecular flexibility index (Phi) is 4.84. The van der Waals surface area contributed by atoms with Crippen molar-refractivity contribution in [3.05, 3.63) is 64.5 Å². The normalized spacial score (nSPS) is 12.2. The van der Waals surface area contributed by atoms with Crippen molar-refractivity contribution in [1.29, 1.82) is 0 Å². The molecule has 0 N–H and O–H groups in total. The maximum absolute atomic E-state index is 13.0. The third kappa shape index (κ3) is 3.38. The first-order chi connectivity index (χ1) is 14.0. The van der Waals surface area contributed by atoms with Crippen LogP contribution in [0.2, 0.25) is 0 Å². The van der Waals surface area contributed by atoms with Crippen LogP contribution in [0.4, 0.5) is 0 Å². The number of fused-ring (bicyclic) bond motifs is 2. The second-order valence-corrected chi connectivity index (χ2v) is 6.70. The van der Waals surface area contributed by atoms with Gasteiger partial charge in [-0.15, -0.1) is 0 Å². The molecule has 148 valence electrons. The number of aryl methyl sites for hydroxylation is 1. The van der Waals surface area contributed by atoms with Crippen LogP contribution < -0.4 is 10.2 Å². The lowest BCUT2D eigenvalue weighted by molar-refractivity contribution is -0.150. The largest absolute Gasteiger partial charge is 0.479 e. The number of furan rings is 1. The number of ether oxygens (including phenoxy) is 2. The molecule has 0 aliphatic carbocycles. The lowest BCUT2D eigenvalue weighted by atomic mass is 10.1. The summed E-state index contributed by atoms with van der Waals surface area (Å²) in [6.07, 6.45) is 0.626. The molecule has 0 unspecified atom stereocenters. The number of hydrogen-bond donors (Lipinski definition) is 0. The minimum absolute atomic E-state index is 0.196. The van der Waals surface area contributed by atoms with Gasteiger partial charge in [-0.05, 0) is 45.0 Å². The van der Waals surface area contributed by atoms with Gasteiger partial charge in [-0.3, -0.25) is 4.79 Å². The lowest BCUT2D eigenvalue weighted by Gasteiger charge is -2.15. The molecule has 29 heavy (non-hydrogen) atoms.